The van der Waals surface area contributed by atoms with Gasteiger partial charge in [0.05, 0.1) is 13.2 Å². The monoisotopic (exact) mass is 450 g/mol. The fraction of sp³-hybridized carbons (Fsp3) is 0.917. The van der Waals surface area contributed by atoms with Gasteiger partial charge in [-0.1, -0.05) is 0 Å². The van der Waals surface area contributed by atoms with Crippen molar-refractivity contribution in [2.24, 2.45) is 17.8 Å². The molecule has 0 radical (unpaired) electrons. The zero-order chi connectivity index (χ0) is 22.5. The molecule has 8 nitrogen and oxygen atoms in total. The summed E-state index contributed by atoms with van der Waals surface area (Å²) >= 11 is 0. The number of carbonyl (C=O) groups is 2. The molecule has 2 aliphatic heterocycles. The topological polar surface area (TPSA) is 91.9 Å². The van der Waals surface area contributed by atoms with E-state index >= 15 is 0 Å². The lowest BCUT2D eigenvalue weighted by Crippen LogP contribution is -2.63. The van der Waals surface area contributed by atoms with Crippen LogP contribution in [0.3, 0.4) is 0 Å². The number of nitrogens with one attached hydrogen (secondary N) is 3. The van der Waals surface area contributed by atoms with E-state index in [9.17, 15) is 9.59 Å². The Morgan fingerprint density at radius 2 is 1.56 bits per heavy atom. The minimum atomic E-state index is -0.378. The van der Waals surface area contributed by atoms with Gasteiger partial charge >= 0.3 is 5.97 Å². The Morgan fingerprint density at radius 1 is 0.875 bits per heavy atom. The van der Waals surface area contributed by atoms with Crippen molar-refractivity contribution in [3.8, 4) is 0 Å². The third-order valence-corrected chi connectivity index (χ3v) is 8.38. The van der Waals surface area contributed by atoms with Gasteiger partial charge in [0.2, 0.25) is 5.91 Å². The molecule has 2 saturated carbocycles. The molecule has 0 spiro atoms. The molecule has 0 aromatic heterocycles. The summed E-state index contributed by atoms with van der Waals surface area (Å²) in [5.74, 6) is 1.41. The van der Waals surface area contributed by atoms with E-state index in [0.717, 1.165) is 57.5 Å². The Balaban J connectivity index is 1.16. The maximum Gasteiger partial charge on any atom is 0.328 e. The Kier molecular flexibility index (Phi) is 8.43. The average molecular weight is 451 g/mol. The number of rotatable bonds is 6. The standard InChI is InChI=1S/C24H42N4O4/c1-31-20-11-7-16(8-12-20)18-14-25-24(26-15-18)27-19-9-5-17(6-10-19)22(29)28-13-3-4-21(28)23(30)32-2/h16-21,24-27H,3-15H2,1-2H3. The third kappa shape index (κ3) is 5.64. The van der Waals surface area contributed by atoms with Crippen LogP contribution in [0.4, 0.5) is 0 Å². The number of methoxy groups -OCH3 is 2. The van der Waals surface area contributed by atoms with Crippen molar-refractivity contribution in [2.75, 3.05) is 33.9 Å². The summed E-state index contributed by atoms with van der Waals surface area (Å²) in [6, 6.07) is 0.0456. The van der Waals surface area contributed by atoms with Crippen LogP contribution in [-0.4, -0.2) is 75.1 Å². The Hall–Kier alpha value is -1.22. The smallest absolute Gasteiger partial charge is 0.328 e. The average Bonchev–Trinajstić information content (AvgIpc) is 3.34. The molecular weight excluding hydrogens is 408 g/mol. The van der Waals surface area contributed by atoms with E-state index in [2.05, 4.69) is 16.0 Å². The molecule has 0 aromatic rings. The molecule has 2 heterocycles. The summed E-state index contributed by atoms with van der Waals surface area (Å²) in [5, 5.41) is 11.0. The number of hydrogen-bond acceptors (Lipinski definition) is 7. The lowest BCUT2D eigenvalue weighted by Gasteiger charge is -2.40. The first kappa shape index (κ1) is 23.9. The van der Waals surface area contributed by atoms with E-state index in [-0.39, 0.29) is 30.1 Å². The molecule has 8 heteroatoms. The number of amides is 1. The first-order valence-corrected chi connectivity index (χ1v) is 12.7. The number of hydrogen-bond donors (Lipinski definition) is 3. The van der Waals surface area contributed by atoms with Gasteiger partial charge in [0.25, 0.3) is 0 Å². The summed E-state index contributed by atoms with van der Waals surface area (Å²) in [7, 11) is 3.24. The summed E-state index contributed by atoms with van der Waals surface area (Å²) in [4.78, 5) is 26.8. The highest BCUT2D eigenvalue weighted by molar-refractivity contribution is 5.86. The van der Waals surface area contributed by atoms with Crippen molar-refractivity contribution in [1.29, 1.82) is 0 Å². The first-order valence-electron chi connectivity index (χ1n) is 12.7. The Labute approximate surface area is 192 Å². The van der Waals surface area contributed by atoms with Crippen LogP contribution in [0.25, 0.3) is 0 Å². The van der Waals surface area contributed by atoms with E-state index in [1.165, 1.54) is 32.8 Å². The zero-order valence-corrected chi connectivity index (χ0v) is 19.8. The molecule has 2 aliphatic carbocycles. The van der Waals surface area contributed by atoms with Gasteiger partial charge in [-0.3, -0.25) is 20.7 Å². The molecule has 4 fully saturated rings. The van der Waals surface area contributed by atoms with Crippen molar-refractivity contribution in [2.45, 2.75) is 88.7 Å². The summed E-state index contributed by atoms with van der Waals surface area (Å²) in [6.07, 6.45) is 10.9. The molecule has 0 bridgehead atoms. The van der Waals surface area contributed by atoms with Crippen LogP contribution in [0.15, 0.2) is 0 Å². The second-order valence-corrected chi connectivity index (χ2v) is 10.2. The molecule has 1 atom stereocenters. The van der Waals surface area contributed by atoms with Crippen LogP contribution in [-0.2, 0) is 19.1 Å². The van der Waals surface area contributed by atoms with Gasteiger partial charge < -0.3 is 14.4 Å². The van der Waals surface area contributed by atoms with E-state index in [1.807, 2.05) is 7.11 Å². The number of likely N-dealkylation sites (tertiary alicyclic amines) is 1. The van der Waals surface area contributed by atoms with Crippen LogP contribution < -0.4 is 16.0 Å². The molecule has 0 aromatic carbocycles. The Bertz CT molecular complexity index is 623. The normalized spacial score (nSPS) is 38.4. The second kappa shape index (κ2) is 11.3. The zero-order valence-electron chi connectivity index (χ0n) is 19.8. The highest BCUT2D eigenvalue weighted by Gasteiger charge is 2.39. The Morgan fingerprint density at radius 3 is 2.19 bits per heavy atom. The number of esters is 1. The summed E-state index contributed by atoms with van der Waals surface area (Å²) < 4.78 is 10.4. The van der Waals surface area contributed by atoms with Crippen molar-refractivity contribution >= 4 is 11.9 Å². The van der Waals surface area contributed by atoms with Gasteiger partial charge in [0.15, 0.2) is 0 Å². The largest absolute Gasteiger partial charge is 0.467 e. The van der Waals surface area contributed by atoms with E-state index < -0.39 is 0 Å². The molecule has 4 aliphatic rings. The molecule has 2 saturated heterocycles. The SMILES string of the molecule is COC(=O)C1CCCN1C(=O)C1CCC(NC2NCC(C3CCC(OC)CC3)CN2)CC1. The molecule has 1 unspecified atom stereocenters. The fourth-order valence-electron chi connectivity index (χ4n) is 6.32. The molecule has 4 rings (SSSR count). The van der Waals surface area contributed by atoms with Gasteiger partial charge in [0, 0.05) is 38.7 Å². The van der Waals surface area contributed by atoms with Gasteiger partial charge in [-0.05, 0) is 76.0 Å². The van der Waals surface area contributed by atoms with Crippen LogP contribution >= 0.6 is 0 Å². The maximum atomic E-state index is 13.0. The maximum absolute atomic E-state index is 13.0. The fourth-order valence-corrected chi connectivity index (χ4v) is 6.32. The molecule has 182 valence electrons. The predicted molar refractivity (Wildman–Crippen MR) is 122 cm³/mol. The summed E-state index contributed by atoms with van der Waals surface area (Å²) in [6.45, 7) is 2.80. The molecule has 1 amide bonds. The number of nitrogens with zero attached hydrogens (tertiary/aromatic N) is 1. The van der Waals surface area contributed by atoms with Crippen LogP contribution in [0.1, 0.15) is 64.2 Å². The van der Waals surface area contributed by atoms with Crippen molar-refractivity contribution in [3.05, 3.63) is 0 Å². The van der Waals surface area contributed by atoms with Crippen LogP contribution in [0.5, 0.6) is 0 Å². The number of carbonyl (C=O) groups excluding carboxylic acids is 2. The van der Waals surface area contributed by atoms with Gasteiger partial charge in [-0.15, -0.1) is 0 Å². The lowest BCUT2D eigenvalue weighted by molar-refractivity contribution is -0.152. The summed E-state index contributed by atoms with van der Waals surface area (Å²) in [5.41, 5.74) is 0. The minimum Gasteiger partial charge on any atom is -0.467 e. The second-order valence-electron chi connectivity index (χ2n) is 10.2. The van der Waals surface area contributed by atoms with Crippen LogP contribution in [0.2, 0.25) is 0 Å². The predicted octanol–water partition coefficient (Wildman–Crippen LogP) is 1.60. The van der Waals surface area contributed by atoms with Gasteiger partial charge in [0.1, 0.15) is 12.3 Å². The van der Waals surface area contributed by atoms with Crippen molar-refractivity contribution in [3.63, 3.8) is 0 Å². The van der Waals surface area contributed by atoms with E-state index in [1.54, 1.807) is 4.90 Å². The highest BCUT2D eigenvalue weighted by Crippen LogP contribution is 2.32. The van der Waals surface area contributed by atoms with Crippen LogP contribution in [0, 0.1) is 17.8 Å². The molecular formula is C24H42N4O4. The lowest BCUT2D eigenvalue weighted by atomic mass is 9.78. The third-order valence-electron chi connectivity index (χ3n) is 8.38. The van der Waals surface area contributed by atoms with E-state index in [4.69, 9.17) is 9.47 Å². The van der Waals surface area contributed by atoms with Gasteiger partial charge in [-0.2, -0.15) is 0 Å². The minimum absolute atomic E-state index is 0.0391. The molecule has 32 heavy (non-hydrogen) atoms. The number of ether oxygens (including phenoxy) is 2. The van der Waals surface area contributed by atoms with Gasteiger partial charge in [-0.25, -0.2) is 4.79 Å². The first-order chi connectivity index (χ1) is 15.6. The molecule has 3 N–H and O–H groups in total. The van der Waals surface area contributed by atoms with E-state index in [0.29, 0.717) is 24.6 Å². The highest BCUT2D eigenvalue weighted by atomic mass is 16.5. The van der Waals surface area contributed by atoms with Crippen molar-refractivity contribution in [1.82, 2.24) is 20.9 Å². The van der Waals surface area contributed by atoms with Crippen molar-refractivity contribution < 1.29 is 19.1 Å². The quantitative estimate of drug-likeness (QED) is 0.530.